The molecule has 0 aliphatic rings. The number of nitrogens with one attached hydrogen (secondary N) is 1. The topological polar surface area (TPSA) is 95.1 Å². The summed E-state index contributed by atoms with van der Waals surface area (Å²) in [7, 11) is 1.46. The molecule has 2 heterocycles. The molecule has 0 radical (unpaired) electrons. The number of benzene rings is 2. The third-order valence-corrected chi connectivity index (χ3v) is 4.52. The SMILES string of the molecule is COc1cc(/C=N/NC(=O)c2ccc(-n3cccc3)cc2)ccc1OC(=O)c1ccco1. The van der Waals surface area contributed by atoms with E-state index in [0.717, 1.165) is 5.69 Å². The van der Waals surface area contributed by atoms with Crippen LogP contribution in [0, 0.1) is 0 Å². The van der Waals surface area contributed by atoms with E-state index in [1.54, 1.807) is 36.4 Å². The van der Waals surface area contributed by atoms with Crippen LogP contribution in [0.1, 0.15) is 26.5 Å². The average molecular weight is 429 g/mol. The maximum absolute atomic E-state index is 12.3. The number of hydrazone groups is 1. The number of furan rings is 1. The second-order valence-electron chi connectivity index (χ2n) is 6.61. The molecule has 0 bridgehead atoms. The van der Waals surface area contributed by atoms with Crippen molar-refractivity contribution in [3.05, 3.63) is 102 Å². The monoisotopic (exact) mass is 429 g/mol. The van der Waals surface area contributed by atoms with Gasteiger partial charge in [-0.2, -0.15) is 5.10 Å². The summed E-state index contributed by atoms with van der Waals surface area (Å²) in [4.78, 5) is 24.4. The van der Waals surface area contributed by atoms with Gasteiger partial charge in [-0.1, -0.05) is 0 Å². The van der Waals surface area contributed by atoms with Crippen LogP contribution in [0.25, 0.3) is 5.69 Å². The minimum atomic E-state index is -0.634. The van der Waals surface area contributed by atoms with Gasteiger partial charge in [0.25, 0.3) is 5.91 Å². The second-order valence-corrected chi connectivity index (χ2v) is 6.61. The van der Waals surface area contributed by atoms with Crippen LogP contribution in [0.4, 0.5) is 0 Å². The first-order chi connectivity index (χ1) is 15.6. The molecule has 8 heteroatoms. The molecule has 0 saturated carbocycles. The Morgan fingerprint density at radius 3 is 2.47 bits per heavy atom. The van der Waals surface area contributed by atoms with Gasteiger partial charge in [-0.05, 0) is 72.3 Å². The summed E-state index contributed by atoms with van der Waals surface area (Å²) in [5.41, 5.74) is 4.57. The fourth-order valence-electron chi connectivity index (χ4n) is 2.92. The van der Waals surface area contributed by atoms with Crippen molar-refractivity contribution in [3.63, 3.8) is 0 Å². The van der Waals surface area contributed by atoms with Crippen LogP contribution in [0.3, 0.4) is 0 Å². The molecular weight excluding hydrogens is 410 g/mol. The number of methoxy groups -OCH3 is 1. The second kappa shape index (κ2) is 9.48. The number of carbonyl (C=O) groups excluding carboxylic acids is 2. The molecule has 2 aromatic heterocycles. The molecule has 1 N–H and O–H groups in total. The van der Waals surface area contributed by atoms with Gasteiger partial charge in [0.15, 0.2) is 11.5 Å². The van der Waals surface area contributed by atoms with Crippen LogP contribution in [-0.4, -0.2) is 29.8 Å². The van der Waals surface area contributed by atoms with E-state index in [0.29, 0.717) is 16.9 Å². The lowest BCUT2D eigenvalue weighted by Crippen LogP contribution is -2.17. The molecule has 160 valence electrons. The maximum Gasteiger partial charge on any atom is 0.379 e. The highest BCUT2D eigenvalue weighted by Crippen LogP contribution is 2.28. The Morgan fingerprint density at radius 2 is 1.78 bits per heavy atom. The van der Waals surface area contributed by atoms with E-state index >= 15 is 0 Å². The first-order valence-electron chi connectivity index (χ1n) is 9.64. The van der Waals surface area contributed by atoms with Gasteiger partial charge >= 0.3 is 5.97 Å². The predicted molar refractivity (Wildman–Crippen MR) is 117 cm³/mol. The van der Waals surface area contributed by atoms with Crippen molar-refractivity contribution in [3.8, 4) is 17.2 Å². The van der Waals surface area contributed by atoms with Gasteiger partial charge in [0.2, 0.25) is 5.76 Å². The van der Waals surface area contributed by atoms with Crippen molar-refractivity contribution >= 4 is 18.1 Å². The molecule has 0 unspecified atom stereocenters. The molecule has 0 aliphatic carbocycles. The van der Waals surface area contributed by atoms with Crippen molar-refractivity contribution in [2.75, 3.05) is 7.11 Å². The van der Waals surface area contributed by atoms with Crippen molar-refractivity contribution in [2.24, 2.45) is 5.10 Å². The summed E-state index contributed by atoms with van der Waals surface area (Å²) >= 11 is 0. The normalized spacial score (nSPS) is 10.8. The smallest absolute Gasteiger partial charge is 0.379 e. The van der Waals surface area contributed by atoms with Gasteiger partial charge in [0.1, 0.15) is 0 Å². The van der Waals surface area contributed by atoms with Crippen LogP contribution in [-0.2, 0) is 0 Å². The summed E-state index contributed by atoms with van der Waals surface area (Å²) < 4.78 is 17.6. The molecule has 4 rings (SSSR count). The summed E-state index contributed by atoms with van der Waals surface area (Å²) in [6.07, 6.45) is 6.71. The predicted octanol–water partition coefficient (Wildman–Crippen LogP) is 4.06. The molecule has 0 saturated heterocycles. The number of rotatable bonds is 7. The van der Waals surface area contributed by atoms with Crippen molar-refractivity contribution < 1.29 is 23.5 Å². The highest BCUT2D eigenvalue weighted by atomic mass is 16.6. The number of nitrogens with zero attached hydrogens (tertiary/aromatic N) is 2. The van der Waals surface area contributed by atoms with Crippen LogP contribution in [0.5, 0.6) is 11.5 Å². The Hall–Kier alpha value is -4.59. The number of ether oxygens (including phenoxy) is 2. The minimum Gasteiger partial charge on any atom is -0.493 e. The van der Waals surface area contributed by atoms with E-state index in [2.05, 4.69) is 10.5 Å². The van der Waals surface area contributed by atoms with E-state index < -0.39 is 5.97 Å². The lowest BCUT2D eigenvalue weighted by Gasteiger charge is -2.09. The van der Waals surface area contributed by atoms with E-state index in [1.165, 1.54) is 25.7 Å². The fourth-order valence-corrected chi connectivity index (χ4v) is 2.92. The van der Waals surface area contributed by atoms with Gasteiger partial charge < -0.3 is 18.5 Å². The number of esters is 1. The molecule has 0 aliphatic heterocycles. The third kappa shape index (κ3) is 4.76. The number of carbonyl (C=O) groups is 2. The Morgan fingerprint density at radius 1 is 1.00 bits per heavy atom. The standard InChI is InChI=1S/C24H19N3O5/c1-30-22-15-17(6-11-20(22)32-24(29)21-5-4-14-31-21)16-25-26-23(28)18-7-9-19(10-8-18)27-12-2-3-13-27/h2-16H,1H3,(H,26,28)/b25-16+. The maximum atomic E-state index is 12.3. The molecule has 0 atom stereocenters. The summed E-state index contributed by atoms with van der Waals surface area (Å²) in [5.74, 6) is -0.318. The molecule has 2 aromatic carbocycles. The summed E-state index contributed by atoms with van der Waals surface area (Å²) in [6, 6.07) is 19.0. The van der Waals surface area contributed by atoms with Crippen LogP contribution in [0.2, 0.25) is 0 Å². The van der Waals surface area contributed by atoms with Gasteiger partial charge in [0, 0.05) is 23.6 Å². The van der Waals surface area contributed by atoms with E-state index in [1.807, 2.05) is 41.2 Å². The van der Waals surface area contributed by atoms with Crippen molar-refractivity contribution in [1.82, 2.24) is 9.99 Å². The van der Waals surface area contributed by atoms with Crippen molar-refractivity contribution in [1.29, 1.82) is 0 Å². The Kier molecular flexibility index (Phi) is 6.12. The zero-order valence-corrected chi connectivity index (χ0v) is 17.1. The molecule has 0 fully saturated rings. The van der Waals surface area contributed by atoms with Crippen molar-refractivity contribution in [2.45, 2.75) is 0 Å². The zero-order valence-electron chi connectivity index (χ0n) is 17.1. The quantitative estimate of drug-likeness (QED) is 0.207. The molecule has 32 heavy (non-hydrogen) atoms. The summed E-state index contributed by atoms with van der Waals surface area (Å²) in [5, 5.41) is 3.99. The zero-order chi connectivity index (χ0) is 22.3. The lowest BCUT2D eigenvalue weighted by molar-refractivity contribution is 0.0696. The number of aromatic nitrogens is 1. The largest absolute Gasteiger partial charge is 0.493 e. The van der Waals surface area contributed by atoms with Crippen LogP contribution in [0.15, 0.2) is 94.9 Å². The fraction of sp³-hybridized carbons (Fsp3) is 0.0417. The minimum absolute atomic E-state index is 0.0850. The molecule has 4 aromatic rings. The lowest BCUT2D eigenvalue weighted by atomic mass is 10.2. The van der Waals surface area contributed by atoms with E-state index in [9.17, 15) is 9.59 Å². The van der Waals surface area contributed by atoms with Gasteiger partial charge in [0.05, 0.1) is 19.6 Å². The number of amides is 1. The highest BCUT2D eigenvalue weighted by Gasteiger charge is 2.15. The average Bonchev–Trinajstić information content (AvgIpc) is 3.54. The Labute approximate surface area is 183 Å². The number of hydrogen-bond donors (Lipinski definition) is 1. The van der Waals surface area contributed by atoms with Gasteiger partial charge in [-0.25, -0.2) is 10.2 Å². The Bertz CT molecular complexity index is 1230. The Balaban J connectivity index is 1.38. The van der Waals surface area contributed by atoms with Crippen LogP contribution >= 0.6 is 0 Å². The van der Waals surface area contributed by atoms with E-state index in [-0.39, 0.29) is 17.4 Å². The summed E-state index contributed by atoms with van der Waals surface area (Å²) in [6.45, 7) is 0. The first kappa shape index (κ1) is 20.7. The third-order valence-electron chi connectivity index (χ3n) is 4.52. The molecular formula is C24H19N3O5. The van der Waals surface area contributed by atoms with Gasteiger partial charge in [-0.3, -0.25) is 4.79 Å². The van der Waals surface area contributed by atoms with Crippen LogP contribution < -0.4 is 14.9 Å². The number of hydrogen-bond acceptors (Lipinski definition) is 6. The first-order valence-corrected chi connectivity index (χ1v) is 9.64. The van der Waals surface area contributed by atoms with E-state index in [4.69, 9.17) is 13.9 Å². The molecule has 1 amide bonds. The molecule has 0 spiro atoms. The molecule has 8 nitrogen and oxygen atoms in total. The highest BCUT2D eigenvalue weighted by molar-refractivity contribution is 5.95. The van der Waals surface area contributed by atoms with Gasteiger partial charge in [-0.15, -0.1) is 0 Å².